The van der Waals surface area contributed by atoms with Gasteiger partial charge in [-0.1, -0.05) is 47.9 Å². The normalized spacial score (nSPS) is 18.2. The molecule has 1 aromatic carbocycles. The fourth-order valence-electron chi connectivity index (χ4n) is 2.42. The molecule has 1 aromatic rings. The second kappa shape index (κ2) is 3.45. The Morgan fingerprint density at radius 2 is 1.88 bits per heavy atom. The number of hydrogen-bond acceptors (Lipinski definition) is 0. The summed E-state index contributed by atoms with van der Waals surface area (Å²) in [5, 5.41) is -0.483. The van der Waals surface area contributed by atoms with E-state index in [1.807, 2.05) is 12.1 Å². The van der Waals surface area contributed by atoms with E-state index in [0.717, 1.165) is 5.57 Å². The highest BCUT2D eigenvalue weighted by molar-refractivity contribution is 6.58. The standard InChI is InChI=1S/C16H10Si/c1-3-16(4-2)15-11-12-7-5-6-8-13(12)14(15)9-10-17-16/h1-2,5-11,17H. The summed E-state index contributed by atoms with van der Waals surface area (Å²) < 4.78 is 0. The summed E-state index contributed by atoms with van der Waals surface area (Å²) in [4.78, 5) is 0. The first kappa shape index (κ1) is 10.1. The molecular formula is C16H10Si. The van der Waals surface area contributed by atoms with Crippen LogP contribution in [0.15, 0.2) is 35.9 Å². The highest BCUT2D eigenvalue weighted by Crippen LogP contribution is 2.48. The van der Waals surface area contributed by atoms with Crippen LogP contribution in [0.4, 0.5) is 0 Å². The van der Waals surface area contributed by atoms with Crippen molar-refractivity contribution >= 4 is 26.5 Å². The third-order valence-corrected chi connectivity index (χ3v) is 4.86. The Bertz CT molecular complexity index is 658. The highest BCUT2D eigenvalue weighted by atomic mass is 28.2. The van der Waals surface area contributed by atoms with E-state index in [1.54, 1.807) is 0 Å². The molecule has 78 valence electrons. The maximum absolute atomic E-state index is 5.68. The summed E-state index contributed by atoms with van der Waals surface area (Å²) in [5.41, 5.74) is 6.97. The zero-order chi connectivity index (χ0) is 11.9. The lowest BCUT2D eigenvalue weighted by atomic mass is 9.92. The van der Waals surface area contributed by atoms with Crippen molar-refractivity contribution < 1.29 is 0 Å². The quantitative estimate of drug-likeness (QED) is 0.473. The second-order valence-corrected chi connectivity index (χ2v) is 5.77. The fourth-order valence-corrected chi connectivity index (χ4v) is 3.61. The van der Waals surface area contributed by atoms with Crippen molar-refractivity contribution in [1.82, 2.24) is 0 Å². The van der Waals surface area contributed by atoms with Gasteiger partial charge in [0.25, 0.3) is 0 Å². The van der Waals surface area contributed by atoms with Crippen LogP contribution in [0.1, 0.15) is 11.1 Å². The van der Waals surface area contributed by atoms with Crippen LogP contribution in [0, 0.1) is 24.7 Å². The molecule has 0 radical (unpaired) electrons. The molecule has 0 atom stereocenters. The number of rotatable bonds is 0. The first-order valence-electron chi connectivity index (χ1n) is 5.48. The monoisotopic (exact) mass is 230 g/mol. The zero-order valence-electron chi connectivity index (χ0n) is 9.27. The van der Waals surface area contributed by atoms with E-state index in [0.29, 0.717) is 0 Å². The van der Waals surface area contributed by atoms with Crippen LogP contribution in [0.5, 0.6) is 0 Å². The molecule has 0 amide bonds. The maximum atomic E-state index is 5.68. The molecule has 2 aliphatic rings. The van der Waals surface area contributed by atoms with Crippen molar-refractivity contribution in [3.63, 3.8) is 0 Å². The topological polar surface area (TPSA) is 0 Å². The lowest BCUT2D eigenvalue weighted by Gasteiger charge is -2.24. The first-order valence-corrected chi connectivity index (χ1v) is 6.72. The van der Waals surface area contributed by atoms with Gasteiger partial charge in [-0.15, -0.1) is 12.8 Å². The van der Waals surface area contributed by atoms with Crippen molar-refractivity contribution in [2.75, 3.05) is 0 Å². The van der Waals surface area contributed by atoms with E-state index < -0.39 is 5.04 Å². The Morgan fingerprint density at radius 3 is 2.65 bits per heavy atom. The van der Waals surface area contributed by atoms with Crippen molar-refractivity contribution in [2.24, 2.45) is 0 Å². The Labute approximate surface area is 104 Å². The molecule has 3 rings (SSSR count). The molecule has 0 saturated heterocycles. The van der Waals surface area contributed by atoms with Crippen LogP contribution in [0.2, 0.25) is 5.04 Å². The molecule has 17 heavy (non-hydrogen) atoms. The van der Waals surface area contributed by atoms with Crippen LogP contribution in [0.3, 0.4) is 0 Å². The average molecular weight is 230 g/mol. The van der Waals surface area contributed by atoms with E-state index in [2.05, 4.69) is 41.8 Å². The van der Waals surface area contributed by atoms with Gasteiger partial charge >= 0.3 is 0 Å². The van der Waals surface area contributed by atoms with E-state index in [1.165, 1.54) is 16.7 Å². The van der Waals surface area contributed by atoms with Crippen molar-refractivity contribution in [1.29, 1.82) is 0 Å². The number of allylic oxidation sites excluding steroid dienone is 3. The molecule has 0 unspecified atom stereocenters. The third-order valence-electron chi connectivity index (χ3n) is 3.33. The van der Waals surface area contributed by atoms with Crippen molar-refractivity contribution in [2.45, 2.75) is 5.04 Å². The molecule has 0 fully saturated rings. The Kier molecular flexibility index (Phi) is 2.05. The van der Waals surface area contributed by atoms with E-state index in [-0.39, 0.29) is 9.13 Å². The van der Waals surface area contributed by atoms with Crippen LogP contribution < -0.4 is 0 Å². The predicted octanol–water partition coefficient (Wildman–Crippen LogP) is 2.14. The molecule has 0 N–H and O–H groups in total. The molecule has 0 saturated carbocycles. The van der Waals surface area contributed by atoms with E-state index in [4.69, 9.17) is 12.8 Å². The van der Waals surface area contributed by atoms with E-state index >= 15 is 0 Å². The lowest BCUT2D eigenvalue weighted by molar-refractivity contribution is 1.14. The molecule has 0 bridgehead atoms. The third kappa shape index (κ3) is 1.24. The minimum atomic E-state index is -0.483. The summed E-state index contributed by atoms with van der Waals surface area (Å²) in [5.74, 6) is 5.67. The molecule has 1 aliphatic carbocycles. The van der Waals surface area contributed by atoms with Crippen LogP contribution in [-0.2, 0) is 0 Å². The molecular weight excluding hydrogens is 220 g/mol. The van der Waals surface area contributed by atoms with Crippen LogP contribution in [-0.4, -0.2) is 14.8 Å². The largest absolute Gasteiger partial charge is 0.118 e. The van der Waals surface area contributed by atoms with Crippen LogP contribution in [0.25, 0.3) is 11.6 Å². The van der Waals surface area contributed by atoms with Gasteiger partial charge in [-0.25, -0.2) is 0 Å². The Hall–Kier alpha value is -2.09. The fraction of sp³-hybridized carbons (Fsp3) is 0.0625. The number of hydrogen-bond donors (Lipinski definition) is 0. The maximum Gasteiger partial charge on any atom is 0.117 e. The van der Waals surface area contributed by atoms with Crippen LogP contribution >= 0.6 is 0 Å². The van der Waals surface area contributed by atoms with Gasteiger partial charge in [0.15, 0.2) is 0 Å². The first-order chi connectivity index (χ1) is 8.30. The van der Waals surface area contributed by atoms with Gasteiger partial charge in [0, 0.05) is 9.13 Å². The summed E-state index contributed by atoms with van der Waals surface area (Å²) in [7, 11) is -0.0648. The molecule has 0 spiro atoms. The van der Waals surface area contributed by atoms with Gasteiger partial charge in [-0.05, 0) is 28.3 Å². The molecule has 1 heteroatoms. The van der Waals surface area contributed by atoms with E-state index in [9.17, 15) is 0 Å². The van der Waals surface area contributed by atoms with Gasteiger partial charge in [0.05, 0.1) is 0 Å². The van der Waals surface area contributed by atoms with Gasteiger partial charge < -0.3 is 0 Å². The summed E-state index contributed by atoms with van der Waals surface area (Å²) in [6, 6.07) is 8.31. The number of terminal acetylenes is 2. The lowest BCUT2D eigenvalue weighted by Crippen LogP contribution is -2.18. The van der Waals surface area contributed by atoms with Gasteiger partial charge in [0.2, 0.25) is 0 Å². The molecule has 0 nitrogen and oxygen atoms in total. The van der Waals surface area contributed by atoms with Gasteiger partial charge in [0.1, 0.15) is 5.04 Å². The smallest absolute Gasteiger partial charge is 0.117 e. The minimum absolute atomic E-state index is 0.0648. The number of benzene rings is 1. The summed E-state index contributed by atoms with van der Waals surface area (Å²) >= 11 is 0. The second-order valence-electron chi connectivity index (χ2n) is 4.18. The summed E-state index contributed by atoms with van der Waals surface area (Å²) in [6.45, 7) is 0. The average Bonchev–Trinajstić information content (AvgIpc) is 2.77. The van der Waals surface area contributed by atoms with Gasteiger partial charge in [-0.2, -0.15) is 0 Å². The molecule has 1 heterocycles. The molecule has 1 aliphatic heterocycles. The zero-order valence-corrected chi connectivity index (χ0v) is 10.4. The minimum Gasteiger partial charge on any atom is -0.118 e. The van der Waals surface area contributed by atoms with Crippen molar-refractivity contribution in [3.05, 3.63) is 47.0 Å². The highest BCUT2D eigenvalue weighted by Gasteiger charge is 2.35. The van der Waals surface area contributed by atoms with Crippen molar-refractivity contribution in [3.8, 4) is 24.7 Å². The molecule has 0 aromatic heterocycles. The Morgan fingerprint density at radius 1 is 1.12 bits per heavy atom. The summed E-state index contributed by atoms with van der Waals surface area (Å²) in [6.07, 6.45) is 15.7. The Balaban J connectivity index is 2.28. The number of fused-ring (bicyclic) bond motifs is 3. The SMILES string of the molecule is C#CC1(C#C)[SiH]=CC=C2C1=Cc1ccccc12. The van der Waals surface area contributed by atoms with Gasteiger partial charge in [-0.3, -0.25) is 0 Å². The predicted molar refractivity (Wildman–Crippen MR) is 76.0 cm³/mol.